The molecule has 0 saturated carbocycles. The molecule has 0 aliphatic carbocycles. The average Bonchev–Trinajstić information content (AvgIpc) is 2.72. The van der Waals surface area contributed by atoms with Crippen LogP contribution in [0.2, 0.25) is 0 Å². The van der Waals surface area contributed by atoms with E-state index in [9.17, 15) is 9.59 Å². The standard InChI is InChI=1S/C25H44O4/c1-4-7-8-9-10-11-12-13-14-15-16-17-18-19-20-21-24(26)29-23(6-3)25(27)28-22-5-2/h5-6,23H,2-4,7-22H2,1H3. The zero-order chi connectivity index (χ0) is 21.6. The van der Waals surface area contributed by atoms with Gasteiger partial charge < -0.3 is 9.47 Å². The molecular formula is C25H44O4. The molecule has 0 aliphatic rings. The van der Waals surface area contributed by atoms with Gasteiger partial charge in [-0.1, -0.05) is 116 Å². The van der Waals surface area contributed by atoms with Crippen molar-refractivity contribution in [3.63, 3.8) is 0 Å². The Balaban J connectivity index is 3.45. The first kappa shape index (κ1) is 27.4. The Labute approximate surface area is 179 Å². The Morgan fingerprint density at radius 2 is 1.21 bits per heavy atom. The van der Waals surface area contributed by atoms with Gasteiger partial charge in [-0.15, -0.1) is 0 Å². The van der Waals surface area contributed by atoms with Gasteiger partial charge in [0.25, 0.3) is 0 Å². The average molecular weight is 409 g/mol. The van der Waals surface area contributed by atoms with Crippen molar-refractivity contribution in [2.45, 2.75) is 116 Å². The molecular weight excluding hydrogens is 364 g/mol. The highest BCUT2D eigenvalue weighted by Gasteiger charge is 2.20. The zero-order valence-corrected chi connectivity index (χ0v) is 18.8. The van der Waals surface area contributed by atoms with E-state index in [0.717, 1.165) is 19.3 Å². The third-order valence-corrected chi connectivity index (χ3v) is 5.03. The molecule has 0 rings (SSSR count). The third kappa shape index (κ3) is 18.2. The number of carbonyl (C=O) groups excluding carboxylic acids is 2. The van der Waals surface area contributed by atoms with Gasteiger partial charge in [0.1, 0.15) is 6.61 Å². The van der Waals surface area contributed by atoms with Gasteiger partial charge in [0.2, 0.25) is 6.10 Å². The van der Waals surface area contributed by atoms with Gasteiger partial charge in [-0.05, 0) is 12.5 Å². The van der Waals surface area contributed by atoms with E-state index in [0.29, 0.717) is 6.42 Å². The second-order valence-electron chi connectivity index (χ2n) is 7.76. The molecule has 0 heterocycles. The molecule has 0 bridgehead atoms. The van der Waals surface area contributed by atoms with E-state index in [1.807, 2.05) is 0 Å². The lowest BCUT2D eigenvalue weighted by Gasteiger charge is -2.12. The lowest BCUT2D eigenvalue weighted by atomic mass is 10.0. The summed E-state index contributed by atoms with van der Waals surface area (Å²) in [7, 11) is 0. The van der Waals surface area contributed by atoms with E-state index >= 15 is 0 Å². The Morgan fingerprint density at radius 3 is 1.62 bits per heavy atom. The summed E-state index contributed by atoms with van der Waals surface area (Å²) in [6, 6.07) is 0. The van der Waals surface area contributed by atoms with Gasteiger partial charge in [0, 0.05) is 6.42 Å². The molecule has 0 aliphatic heterocycles. The van der Waals surface area contributed by atoms with Gasteiger partial charge in [-0.3, -0.25) is 4.79 Å². The molecule has 0 N–H and O–H groups in total. The number of ether oxygens (including phenoxy) is 2. The van der Waals surface area contributed by atoms with Crippen molar-refractivity contribution in [2.24, 2.45) is 0 Å². The number of carbonyl (C=O) groups is 2. The smallest absolute Gasteiger partial charge is 0.351 e. The first-order valence-electron chi connectivity index (χ1n) is 11.7. The summed E-state index contributed by atoms with van der Waals surface area (Å²) in [5.41, 5.74) is 0. The maximum Gasteiger partial charge on any atom is 0.351 e. The molecule has 0 amide bonds. The van der Waals surface area contributed by atoms with Crippen LogP contribution in [0.3, 0.4) is 0 Å². The van der Waals surface area contributed by atoms with E-state index in [1.165, 1.54) is 89.2 Å². The van der Waals surface area contributed by atoms with Crippen molar-refractivity contribution >= 4 is 11.9 Å². The fraction of sp³-hybridized carbons (Fsp3) is 0.760. The Kier molecular flexibility index (Phi) is 20.0. The van der Waals surface area contributed by atoms with Crippen LogP contribution in [0.15, 0.2) is 25.3 Å². The van der Waals surface area contributed by atoms with Crippen molar-refractivity contribution in [3.8, 4) is 0 Å². The van der Waals surface area contributed by atoms with Crippen molar-refractivity contribution in [2.75, 3.05) is 6.61 Å². The topological polar surface area (TPSA) is 52.6 Å². The highest BCUT2D eigenvalue weighted by atomic mass is 16.6. The fourth-order valence-electron chi connectivity index (χ4n) is 3.26. The molecule has 4 heteroatoms. The van der Waals surface area contributed by atoms with Crippen molar-refractivity contribution in [3.05, 3.63) is 25.3 Å². The molecule has 0 radical (unpaired) electrons. The predicted octanol–water partition coefficient (Wildman–Crippen LogP) is 7.07. The van der Waals surface area contributed by atoms with Crippen LogP contribution in [-0.4, -0.2) is 24.6 Å². The maximum absolute atomic E-state index is 11.8. The van der Waals surface area contributed by atoms with Crippen LogP contribution in [0.25, 0.3) is 0 Å². The van der Waals surface area contributed by atoms with E-state index in [1.54, 1.807) is 0 Å². The number of rotatable bonds is 21. The van der Waals surface area contributed by atoms with Crippen LogP contribution in [0.1, 0.15) is 110 Å². The summed E-state index contributed by atoms with van der Waals surface area (Å²) in [4.78, 5) is 23.5. The van der Waals surface area contributed by atoms with Crippen LogP contribution in [-0.2, 0) is 19.1 Å². The molecule has 168 valence electrons. The first-order chi connectivity index (χ1) is 14.2. The summed E-state index contributed by atoms with van der Waals surface area (Å²) in [5.74, 6) is -0.982. The minimum atomic E-state index is -1.03. The second kappa shape index (κ2) is 21.1. The normalized spacial score (nSPS) is 11.6. The fourth-order valence-corrected chi connectivity index (χ4v) is 3.26. The van der Waals surface area contributed by atoms with Crippen LogP contribution < -0.4 is 0 Å². The summed E-state index contributed by atoms with van der Waals surface area (Å²) < 4.78 is 9.98. The zero-order valence-electron chi connectivity index (χ0n) is 18.8. The summed E-state index contributed by atoms with van der Waals surface area (Å²) in [6.45, 7) is 9.35. The molecule has 0 saturated heterocycles. The van der Waals surface area contributed by atoms with Crippen molar-refractivity contribution in [1.82, 2.24) is 0 Å². The minimum absolute atomic E-state index is 0.0970. The lowest BCUT2D eigenvalue weighted by molar-refractivity contribution is -0.163. The summed E-state index contributed by atoms with van der Waals surface area (Å²) in [6.07, 6.45) is 21.3. The highest BCUT2D eigenvalue weighted by Crippen LogP contribution is 2.14. The first-order valence-corrected chi connectivity index (χ1v) is 11.7. The molecule has 0 aromatic carbocycles. The molecule has 0 spiro atoms. The summed E-state index contributed by atoms with van der Waals surface area (Å²) >= 11 is 0. The molecule has 4 nitrogen and oxygen atoms in total. The lowest BCUT2D eigenvalue weighted by Crippen LogP contribution is -2.27. The Morgan fingerprint density at radius 1 is 0.759 bits per heavy atom. The Hall–Kier alpha value is -1.58. The molecule has 29 heavy (non-hydrogen) atoms. The monoisotopic (exact) mass is 408 g/mol. The van der Waals surface area contributed by atoms with E-state index in [4.69, 9.17) is 9.47 Å². The van der Waals surface area contributed by atoms with Gasteiger partial charge in [0.15, 0.2) is 0 Å². The molecule has 0 aromatic rings. The van der Waals surface area contributed by atoms with Gasteiger partial charge in [0.05, 0.1) is 0 Å². The minimum Gasteiger partial charge on any atom is -0.458 e. The number of hydrogen-bond acceptors (Lipinski definition) is 4. The van der Waals surface area contributed by atoms with Gasteiger partial charge >= 0.3 is 11.9 Å². The second-order valence-corrected chi connectivity index (χ2v) is 7.76. The van der Waals surface area contributed by atoms with E-state index in [2.05, 4.69) is 20.1 Å². The van der Waals surface area contributed by atoms with Gasteiger partial charge in [-0.2, -0.15) is 0 Å². The molecule has 1 atom stereocenters. The largest absolute Gasteiger partial charge is 0.458 e. The van der Waals surface area contributed by atoms with Crippen LogP contribution in [0.5, 0.6) is 0 Å². The number of unbranched alkanes of at least 4 members (excludes halogenated alkanes) is 14. The van der Waals surface area contributed by atoms with Gasteiger partial charge in [-0.25, -0.2) is 4.79 Å². The molecule has 1 unspecified atom stereocenters. The number of esters is 2. The Bertz CT molecular complexity index is 431. The molecule has 0 fully saturated rings. The van der Waals surface area contributed by atoms with E-state index in [-0.39, 0.29) is 12.6 Å². The maximum atomic E-state index is 11.8. The molecule has 0 aromatic heterocycles. The summed E-state index contributed by atoms with van der Waals surface area (Å²) in [5, 5.41) is 0. The van der Waals surface area contributed by atoms with Crippen LogP contribution >= 0.6 is 0 Å². The van der Waals surface area contributed by atoms with Crippen LogP contribution in [0.4, 0.5) is 0 Å². The highest BCUT2D eigenvalue weighted by molar-refractivity contribution is 5.81. The van der Waals surface area contributed by atoms with Crippen molar-refractivity contribution in [1.29, 1.82) is 0 Å². The third-order valence-electron chi connectivity index (χ3n) is 5.03. The SMILES string of the molecule is C=CCOC(=O)C(C=C)OC(=O)CCCCCCCCCCCCCCCCC. The number of hydrogen-bond donors (Lipinski definition) is 0. The van der Waals surface area contributed by atoms with E-state index < -0.39 is 12.1 Å². The predicted molar refractivity (Wildman–Crippen MR) is 121 cm³/mol. The van der Waals surface area contributed by atoms with Crippen LogP contribution in [0, 0.1) is 0 Å². The van der Waals surface area contributed by atoms with Crippen molar-refractivity contribution < 1.29 is 19.1 Å². The quantitative estimate of drug-likeness (QED) is 0.116.